The SMILES string of the molecule is O=C(O)Cc1ccc(Cl)c(F)c1-n1c(C2CCCCC2)nc(C(=O)OCc2ccccc2)c1-c1ccc(F)c(Cl)c1. The molecule has 0 amide bonds. The Morgan fingerprint density at radius 2 is 1.71 bits per heavy atom. The molecule has 1 aliphatic rings. The van der Waals surface area contributed by atoms with Crippen LogP contribution in [0.5, 0.6) is 0 Å². The van der Waals surface area contributed by atoms with E-state index in [1.165, 1.54) is 28.8 Å². The molecule has 0 bridgehead atoms. The molecule has 1 saturated carbocycles. The van der Waals surface area contributed by atoms with E-state index < -0.39 is 30.0 Å². The molecule has 0 radical (unpaired) electrons. The maximum Gasteiger partial charge on any atom is 0.359 e. The first kappa shape index (κ1) is 28.8. The molecule has 1 fully saturated rings. The molecule has 0 aliphatic heterocycles. The average molecular weight is 599 g/mol. The van der Waals surface area contributed by atoms with Crippen molar-refractivity contribution in [2.45, 2.75) is 51.0 Å². The number of imidazole rings is 1. The van der Waals surface area contributed by atoms with Crippen LogP contribution in [-0.2, 0) is 22.6 Å². The van der Waals surface area contributed by atoms with Crippen molar-refractivity contribution in [2.24, 2.45) is 0 Å². The lowest BCUT2D eigenvalue weighted by Gasteiger charge is -2.24. The van der Waals surface area contributed by atoms with Crippen molar-refractivity contribution < 1.29 is 28.2 Å². The minimum atomic E-state index is -1.18. The minimum Gasteiger partial charge on any atom is -0.481 e. The number of carbonyl (C=O) groups excluding carboxylic acids is 1. The second-order valence-electron chi connectivity index (χ2n) is 9.97. The van der Waals surface area contributed by atoms with E-state index in [4.69, 9.17) is 32.9 Å². The molecule has 10 heteroatoms. The predicted octanol–water partition coefficient (Wildman–Crippen LogP) is 8.16. The van der Waals surface area contributed by atoms with Gasteiger partial charge in [0, 0.05) is 11.5 Å². The number of ether oxygens (including phenoxy) is 1. The zero-order valence-corrected chi connectivity index (χ0v) is 23.4. The number of hydrogen-bond donors (Lipinski definition) is 1. The van der Waals surface area contributed by atoms with Gasteiger partial charge in [-0.05, 0) is 48.2 Å². The lowest BCUT2D eigenvalue weighted by Crippen LogP contribution is -2.16. The number of carboxylic acids is 1. The zero-order chi connectivity index (χ0) is 29.1. The highest BCUT2D eigenvalue weighted by atomic mass is 35.5. The van der Waals surface area contributed by atoms with Crippen LogP contribution in [0.1, 0.15) is 65.5 Å². The van der Waals surface area contributed by atoms with Crippen LogP contribution in [0.15, 0.2) is 60.7 Å². The van der Waals surface area contributed by atoms with Crippen LogP contribution in [-0.4, -0.2) is 26.6 Å². The summed E-state index contributed by atoms with van der Waals surface area (Å²) in [5, 5.41) is 9.19. The van der Waals surface area contributed by atoms with E-state index in [9.17, 15) is 19.1 Å². The largest absolute Gasteiger partial charge is 0.481 e. The first-order valence-corrected chi connectivity index (χ1v) is 14.0. The third-order valence-corrected chi connectivity index (χ3v) is 7.77. The quantitative estimate of drug-likeness (QED) is 0.207. The molecule has 0 saturated heterocycles. The molecule has 1 N–H and O–H groups in total. The summed E-state index contributed by atoms with van der Waals surface area (Å²) in [5.74, 6) is -3.28. The van der Waals surface area contributed by atoms with Crippen LogP contribution in [0.2, 0.25) is 10.0 Å². The molecule has 6 nitrogen and oxygen atoms in total. The number of rotatable bonds is 8. The molecular weight excluding hydrogens is 573 g/mol. The van der Waals surface area contributed by atoms with E-state index >= 15 is 4.39 Å². The van der Waals surface area contributed by atoms with Crippen LogP contribution >= 0.6 is 23.2 Å². The number of benzene rings is 3. The van der Waals surface area contributed by atoms with Gasteiger partial charge in [0.15, 0.2) is 11.5 Å². The molecule has 4 aromatic rings. The highest BCUT2D eigenvalue weighted by molar-refractivity contribution is 6.31. The molecule has 3 aromatic carbocycles. The standard InChI is InChI=1S/C31H26Cl2F2N2O4/c32-22-13-11-21(16-25(38)39)28(26(22)35)37-29(20-12-14-24(34)23(33)15-20)27(36-30(37)19-9-5-2-6-10-19)31(40)41-17-18-7-3-1-4-8-18/h1,3-4,7-8,11-15,19H,2,5-6,9-10,16-17H2,(H,38,39). The van der Waals surface area contributed by atoms with Gasteiger partial charge in [0.1, 0.15) is 18.2 Å². The molecular formula is C31H26Cl2F2N2O4. The Kier molecular flexibility index (Phi) is 8.71. The molecule has 1 aliphatic carbocycles. The highest BCUT2D eigenvalue weighted by Gasteiger charge is 2.33. The first-order chi connectivity index (χ1) is 19.7. The Morgan fingerprint density at radius 1 is 0.976 bits per heavy atom. The van der Waals surface area contributed by atoms with Gasteiger partial charge in [0.25, 0.3) is 0 Å². The summed E-state index contributed by atoms with van der Waals surface area (Å²) in [6.45, 7) is -0.0370. The molecule has 0 atom stereocenters. The van der Waals surface area contributed by atoms with Gasteiger partial charge < -0.3 is 9.84 Å². The van der Waals surface area contributed by atoms with Gasteiger partial charge in [-0.15, -0.1) is 0 Å². The molecule has 1 aromatic heterocycles. The first-order valence-electron chi connectivity index (χ1n) is 13.2. The molecule has 41 heavy (non-hydrogen) atoms. The monoisotopic (exact) mass is 598 g/mol. The van der Waals surface area contributed by atoms with Gasteiger partial charge in [-0.2, -0.15) is 0 Å². The smallest absolute Gasteiger partial charge is 0.359 e. The van der Waals surface area contributed by atoms with Gasteiger partial charge in [-0.1, -0.05) is 78.9 Å². The van der Waals surface area contributed by atoms with Crippen LogP contribution in [0.4, 0.5) is 8.78 Å². The van der Waals surface area contributed by atoms with Gasteiger partial charge >= 0.3 is 11.9 Å². The van der Waals surface area contributed by atoms with Crippen molar-refractivity contribution in [3.8, 4) is 16.9 Å². The summed E-state index contributed by atoms with van der Waals surface area (Å²) in [6, 6.07) is 15.7. The fraction of sp³-hybridized carbons (Fsp3) is 0.258. The maximum absolute atomic E-state index is 16.0. The van der Waals surface area contributed by atoms with Gasteiger partial charge in [-0.25, -0.2) is 18.6 Å². The number of nitrogens with zero attached hydrogens (tertiary/aromatic N) is 2. The molecule has 0 unspecified atom stereocenters. The number of esters is 1. The van der Waals surface area contributed by atoms with Crippen LogP contribution in [0.3, 0.4) is 0 Å². The molecule has 1 heterocycles. The number of carboxylic acid groups (broad SMARTS) is 1. The minimum absolute atomic E-state index is 0.0370. The fourth-order valence-electron chi connectivity index (χ4n) is 5.27. The van der Waals surface area contributed by atoms with Crippen LogP contribution < -0.4 is 0 Å². The summed E-state index contributed by atoms with van der Waals surface area (Å²) in [7, 11) is 0. The van der Waals surface area contributed by atoms with Gasteiger partial charge in [0.2, 0.25) is 0 Å². The van der Waals surface area contributed by atoms with Crippen molar-refractivity contribution in [3.63, 3.8) is 0 Å². The number of aromatic nitrogens is 2. The van der Waals surface area contributed by atoms with E-state index in [1.54, 1.807) is 12.1 Å². The van der Waals surface area contributed by atoms with Crippen molar-refractivity contribution in [1.82, 2.24) is 9.55 Å². The van der Waals surface area contributed by atoms with Gasteiger partial charge in [0.05, 0.1) is 27.8 Å². The molecule has 5 rings (SSSR count). The maximum atomic E-state index is 16.0. The Morgan fingerprint density at radius 3 is 2.39 bits per heavy atom. The van der Waals surface area contributed by atoms with Crippen molar-refractivity contribution >= 4 is 35.1 Å². The summed E-state index contributed by atoms with van der Waals surface area (Å²) in [5.41, 5.74) is 1.02. The Bertz CT molecular complexity index is 1600. The summed E-state index contributed by atoms with van der Waals surface area (Å²) in [6.07, 6.45) is 3.79. The summed E-state index contributed by atoms with van der Waals surface area (Å²) < 4.78 is 37.3. The lowest BCUT2D eigenvalue weighted by molar-refractivity contribution is -0.136. The predicted molar refractivity (Wildman–Crippen MR) is 152 cm³/mol. The van der Waals surface area contributed by atoms with Crippen molar-refractivity contribution in [3.05, 3.63) is 105 Å². The van der Waals surface area contributed by atoms with Gasteiger partial charge in [-0.3, -0.25) is 9.36 Å². The highest BCUT2D eigenvalue weighted by Crippen LogP contribution is 2.41. The number of carbonyl (C=O) groups is 2. The summed E-state index contributed by atoms with van der Waals surface area (Å²) in [4.78, 5) is 30.2. The van der Waals surface area contributed by atoms with E-state index in [0.717, 1.165) is 43.7 Å². The number of aliphatic carboxylic acids is 1. The van der Waals surface area contributed by atoms with Crippen molar-refractivity contribution in [1.29, 1.82) is 0 Å². The lowest BCUT2D eigenvalue weighted by atomic mass is 9.88. The Balaban J connectivity index is 1.78. The molecule has 0 spiro atoms. The summed E-state index contributed by atoms with van der Waals surface area (Å²) >= 11 is 12.4. The normalized spacial score (nSPS) is 13.8. The van der Waals surface area contributed by atoms with Crippen LogP contribution in [0, 0.1) is 11.6 Å². The third-order valence-electron chi connectivity index (χ3n) is 7.19. The molecule has 212 valence electrons. The second-order valence-corrected chi connectivity index (χ2v) is 10.8. The zero-order valence-electron chi connectivity index (χ0n) is 21.9. The topological polar surface area (TPSA) is 81.4 Å². The third kappa shape index (κ3) is 6.14. The Hall–Kier alpha value is -3.75. The van der Waals surface area contributed by atoms with E-state index in [0.29, 0.717) is 5.82 Å². The van der Waals surface area contributed by atoms with Crippen molar-refractivity contribution in [2.75, 3.05) is 0 Å². The average Bonchev–Trinajstić information content (AvgIpc) is 3.36. The second kappa shape index (κ2) is 12.4. The Labute approximate surface area is 245 Å². The van der Waals surface area contributed by atoms with Crippen LogP contribution in [0.25, 0.3) is 16.9 Å². The number of hydrogen-bond acceptors (Lipinski definition) is 4. The van der Waals surface area contributed by atoms with E-state index in [1.807, 2.05) is 18.2 Å². The van der Waals surface area contributed by atoms with E-state index in [2.05, 4.69) is 0 Å². The fourth-order valence-corrected chi connectivity index (χ4v) is 5.60. The number of halogens is 4. The van der Waals surface area contributed by atoms with E-state index in [-0.39, 0.29) is 50.8 Å².